The van der Waals surface area contributed by atoms with Gasteiger partial charge in [-0.1, -0.05) is 57.5 Å². The Morgan fingerprint density at radius 3 is 2.48 bits per heavy atom. The van der Waals surface area contributed by atoms with Crippen molar-refractivity contribution < 1.29 is 9.53 Å². The van der Waals surface area contributed by atoms with Crippen molar-refractivity contribution in [2.45, 2.75) is 53.4 Å². The minimum absolute atomic E-state index is 0.00102. The second-order valence-corrected chi connectivity index (χ2v) is 7.54. The molecule has 2 unspecified atom stereocenters. The molecule has 2 nitrogen and oxygen atoms in total. The number of carbonyl (C=O) groups is 1. The summed E-state index contributed by atoms with van der Waals surface area (Å²) in [6.45, 7) is 9.31. The Balaban J connectivity index is 2.24. The molecular formula is C21H32O2. The van der Waals surface area contributed by atoms with Crippen molar-refractivity contribution >= 4 is 5.97 Å². The molecule has 0 spiro atoms. The standard InChI is InChI=1S/C21H32O2/c1-5-23-21(22)20(14-17-9-7-6-8-10-17)19-13-16(4)11-12-18(19)15(2)3/h6-10,15-16,18-20H,5,11-14H2,1-4H3/t16-,18+,19?,20?/m1/s1. The van der Waals surface area contributed by atoms with Gasteiger partial charge in [0.1, 0.15) is 0 Å². The topological polar surface area (TPSA) is 26.3 Å². The lowest BCUT2D eigenvalue weighted by molar-refractivity contribution is -0.152. The maximum absolute atomic E-state index is 12.7. The van der Waals surface area contributed by atoms with Crippen LogP contribution < -0.4 is 0 Å². The molecule has 1 aromatic rings. The van der Waals surface area contributed by atoms with Gasteiger partial charge in [0.15, 0.2) is 0 Å². The Labute approximate surface area is 141 Å². The van der Waals surface area contributed by atoms with Crippen molar-refractivity contribution in [1.82, 2.24) is 0 Å². The maximum Gasteiger partial charge on any atom is 0.309 e. The molecule has 1 aliphatic rings. The monoisotopic (exact) mass is 316 g/mol. The molecule has 1 fully saturated rings. The Hall–Kier alpha value is -1.31. The van der Waals surface area contributed by atoms with Crippen molar-refractivity contribution in [3.63, 3.8) is 0 Å². The predicted molar refractivity (Wildman–Crippen MR) is 95.1 cm³/mol. The average Bonchev–Trinajstić information content (AvgIpc) is 2.53. The molecular weight excluding hydrogens is 284 g/mol. The third-order valence-corrected chi connectivity index (χ3v) is 5.48. The molecule has 0 aliphatic heterocycles. The van der Waals surface area contributed by atoms with Gasteiger partial charge in [-0.15, -0.1) is 0 Å². The van der Waals surface area contributed by atoms with Crippen molar-refractivity contribution in [3.05, 3.63) is 35.9 Å². The first-order chi connectivity index (χ1) is 11.0. The first kappa shape index (κ1) is 18.0. The molecule has 0 aromatic heterocycles. The van der Waals surface area contributed by atoms with E-state index < -0.39 is 0 Å². The molecule has 1 aliphatic carbocycles. The van der Waals surface area contributed by atoms with Crippen LogP contribution in [0.25, 0.3) is 0 Å². The van der Waals surface area contributed by atoms with Gasteiger partial charge in [-0.2, -0.15) is 0 Å². The summed E-state index contributed by atoms with van der Waals surface area (Å²) in [6.07, 6.45) is 4.49. The SMILES string of the molecule is CCOC(=O)C(Cc1ccccc1)C1C[C@H](C)CC[C@H]1C(C)C. The maximum atomic E-state index is 12.7. The fourth-order valence-corrected chi connectivity index (χ4v) is 4.27. The van der Waals surface area contributed by atoms with Crippen LogP contribution in [0, 0.1) is 29.6 Å². The number of carbonyl (C=O) groups excluding carboxylic acids is 1. The largest absolute Gasteiger partial charge is 0.466 e. The fraction of sp³-hybridized carbons (Fsp3) is 0.667. The Bertz CT molecular complexity index is 480. The second kappa shape index (κ2) is 8.52. The molecule has 2 rings (SSSR count). The quantitative estimate of drug-likeness (QED) is 0.681. The van der Waals surface area contributed by atoms with Gasteiger partial charge in [0, 0.05) is 0 Å². The molecule has 0 saturated heterocycles. The van der Waals surface area contributed by atoms with Gasteiger partial charge in [-0.25, -0.2) is 0 Å². The smallest absolute Gasteiger partial charge is 0.309 e. The highest BCUT2D eigenvalue weighted by Gasteiger charge is 2.39. The summed E-state index contributed by atoms with van der Waals surface area (Å²) in [5.74, 6) is 2.40. The molecule has 4 atom stereocenters. The summed E-state index contributed by atoms with van der Waals surface area (Å²) in [7, 11) is 0. The van der Waals surface area contributed by atoms with E-state index in [1.807, 2.05) is 13.0 Å². The zero-order valence-corrected chi connectivity index (χ0v) is 15.1. The van der Waals surface area contributed by atoms with Crippen LogP contribution in [0.2, 0.25) is 0 Å². The van der Waals surface area contributed by atoms with E-state index in [2.05, 4.69) is 45.0 Å². The number of ether oxygens (including phenoxy) is 1. The molecule has 0 radical (unpaired) electrons. The number of benzene rings is 1. The van der Waals surface area contributed by atoms with Gasteiger partial charge < -0.3 is 4.74 Å². The zero-order chi connectivity index (χ0) is 16.8. The van der Waals surface area contributed by atoms with Gasteiger partial charge in [0.2, 0.25) is 0 Å². The molecule has 2 heteroatoms. The van der Waals surface area contributed by atoms with E-state index in [0.29, 0.717) is 30.3 Å². The van der Waals surface area contributed by atoms with Crippen LogP contribution >= 0.6 is 0 Å². The summed E-state index contributed by atoms with van der Waals surface area (Å²) in [6, 6.07) is 10.4. The lowest BCUT2D eigenvalue weighted by Crippen LogP contribution is -2.38. The van der Waals surface area contributed by atoms with Gasteiger partial charge in [-0.05, 0) is 55.4 Å². The van der Waals surface area contributed by atoms with Gasteiger partial charge in [-0.3, -0.25) is 4.79 Å². The molecule has 23 heavy (non-hydrogen) atoms. The van der Waals surface area contributed by atoms with Crippen molar-refractivity contribution in [2.24, 2.45) is 29.6 Å². The molecule has 1 aromatic carbocycles. The van der Waals surface area contributed by atoms with Crippen LogP contribution in [-0.4, -0.2) is 12.6 Å². The number of hydrogen-bond donors (Lipinski definition) is 0. The first-order valence-electron chi connectivity index (χ1n) is 9.23. The van der Waals surface area contributed by atoms with Crippen LogP contribution in [0.5, 0.6) is 0 Å². The van der Waals surface area contributed by atoms with Gasteiger partial charge in [0.05, 0.1) is 12.5 Å². The Morgan fingerprint density at radius 2 is 1.87 bits per heavy atom. The minimum Gasteiger partial charge on any atom is -0.466 e. The van der Waals surface area contributed by atoms with Crippen LogP contribution in [-0.2, 0) is 16.0 Å². The van der Waals surface area contributed by atoms with E-state index >= 15 is 0 Å². The Kier molecular flexibility index (Phi) is 6.68. The van der Waals surface area contributed by atoms with Crippen molar-refractivity contribution in [3.8, 4) is 0 Å². The van der Waals surface area contributed by atoms with E-state index in [4.69, 9.17) is 4.74 Å². The minimum atomic E-state index is -0.00694. The summed E-state index contributed by atoms with van der Waals surface area (Å²) >= 11 is 0. The van der Waals surface area contributed by atoms with Gasteiger partial charge in [0.25, 0.3) is 0 Å². The van der Waals surface area contributed by atoms with Crippen LogP contribution in [0.3, 0.4) is 0 Å². The molecule has 128 valence electrons. The second-order valence-electron chi connectivity index (χ2n) is 7.54. The summed E-state index contributed by atoms with van der Waals surface area (Å²) in [5, 5.41) is 0. The third-order valence-electron chi connectivity index (χ3n) is 5.48. The molecule has 0 N–H and O–H groups in total. The molecule has 0 heterocycles. The fourth-order valence-electron chi connectivity index (χ4n) is 4.27. The van der Waals surface area contributed by atoms with Crippen LogP contribution in [0.15, 0.2) is 30.3 Å². The normalized spacial score (nSPS) is 26.0. The zero-order valence-electron chi connectivity index (χ0n) is 15.1. The summed E-state index contributed by atoms with van der Waals surface area (Å²) < 4.78 is 5.45. The molecule has 1 saturated carbocycles. The van der Waals surface area contributed by atoms with Crippen molar-refractivity contribution in [2.75, 3.05) is 6.61 Å². The van der Waals surface area contributed by atoms with E-state index in [9.17, 15) is 4.79 Å². The van der Waals surface area contributed by atoms with Crippen LogP contribution in [0.4, 0.5) is 0 Å². The lowest BCUT2D eigenvalue weighted by Gasteiger charge is -2.41. The summed E-state index contributed by atoms with van der Waals surface area (Å²) in [5.41, 5.74) is 1.24. The van der Waals surface area contributed by atoms with Crippen LogP contribution in [0.1, 0.15) is 52.5 Å². The number of hydrogen-bond acceptors (Lipinski definition) is 2. The highest BCUT2D eigenvalue weighted by Crippen LogP contribution is 2.43. The highest BCUT2D eigenvalue weighted by molar-refractivity contribution is 5.73. The van der Waals surface area contributed by atoms with E-state index in [-0.39, 0.29) is 11.9 Å². The van der Waals surface area contributed by atoms with E-state index in [0.717, 1.165) is 12.8 Å². The number of rotatable bonds is 6. The van der Waals surface area contributed by atoms with Crippen molar-refractivity contribution in [1.29, 1.82) is 0 Å². The number of esters is 1. The van der Waals surface area contributed by atoms with Gasteiger partial charge >= 0.3 is 5.97 Å². The summed E-state index contributed by atoms with van der Waals surface area (Å²) in [4.78, 5) is 12.7. The first-order valence-corrected chi connectivity index (χ1v) is 9.23. The Morgan fingerprint density at radius 1 is 1.17 bits per heavy atom. The molecule has 0 bridgehead atoms. The lowest BCUT2D eigenvalue weighted by atomic mass is 9.64. The third kappa shape index (κ3) is 4.83. The predicted octanol–water partition coefficient (Wildman–Crippen LogP) is 5.12. The average molecular weight is 316 g/mol. The van der Waals surface area contributed by atoms with E-state index in [1.54, 1.807) is 0 Å². The molecule has 0 amide bonds. The highest BCUT2D eigenvalue weighted by atomic mass is 16.5. The van der Waals surface area contributed by atoms with E-state index in [1.165, 1.54) is 18.4 Å².